The predicted molar refractivity (Wildman–Crippen MR) is 148 cm³/mol. The molecule has 0 amide bonds. The van der Waals surface area contributed by atoms with Gasteiger partial charge >= 0.3 is 0 Å². The Morgan fingerprint density at radius 1 is 0.946 bits per heavy atom. The third-order valence-corrected chi connectivity index (χ3v) is 7.47. The SMILES string of the molecule is Fc1ccc(-n2cccc2C2C(c3ccccn3)NC(=S)N2c2ccc(N3CCOCC3)cc2)cc1Cl. The minimum atomic E-state index is -0.448. The topological polar surface area (TPSA) is 45.6 Å². The Labute approximate surface area is 225 Å². The van der Waals surface area contributed by atoms with Gasteiger partial charge in [-0.3, -0.25) is 4.98 Å². The first-order valence-electron chi connectivity index (χ1n) is 12.2. The molecule has 2 aromatic carbocycles. The molecule has 0 bridgehead atoms. The number of anilines is 2. The molecular weight excluding hydrogens is 509 g/mol. The van der Waals surface area contributed by atoms with Crippen molar-refractivity contribution in [3.05, 3.63) is 107 Å². The van der Waals surface area contributed by atoms with E-state index in [9.17, 15) is 4.39 Å². The van der Waals surface area contributed by atoms with E-state index in [-0.39, 0.29) is 17.1 Å². The van der Waals surface area contributed by atoms with Crippen LogP contribution in [0, 0.1) is 5.82 Å². The molecule has 2 fully saturated rings. The maximum absolute atomic E-state index is 13.9. The van der Waals surface area contributed by atoms with E-state index in [1.807, 2.05) is 35.0 Å². The average Bonchev–Trinajstić information content (AvgIpc) is 3.56. The van der Waals surface area contributed by atoms with Crippen LogP contribution in [0.1, 0.15) is 23.5 Å². The van der Waals surface area contributed by atoms with Gasteiger partial charge in [0, 0.05) is 48.2 Å². The number of rotatable bonds is 5. The molecule has 0 spiro atoms. The summed E-state index contributed by atoms with van der Waals surface area (Å²) in [6.45, 7) is 3.22. The number of benzene rings is 2. The maximum atomic E-state index is 13.9. The maximum Gasteiger partial charge on any atom is 0.174 e. The number of hydrogen-bond donors (Lipinski definition) is 1. The van der Waals surface area contributed by atoms with E-state index in [0.29, 0.717) is 5.11 Å². The van der Waals surface area contributed by atoms with Crippen molar-refractivity contribution >= 4 is 40.3 Å². The molecular formula is C28H25ClFN5OS. The third-order valence-electron chi connectivity index (χ3n) is 6.87. The quantitative estimate of drug-likeness (QED) is 0.333. The lowest BCUT2D eigenvalue weighted by Crippen LogP contribution is -2.36. The fraction of sp³-hybridized carbons (Fsp3) is 0.214. The Morgan fingerprint density at radius 2 is 1.70 bits per heavy atom. The van der Waals surface area contributed by atoms with Crippen molar-refractivity contribution in [2.75, 3.05) is 36.1 Å². The highest BCUT2D eigenvalue weighted by molar-refractivity contribution is 7.80. The Bertz CT molecular complexity index is 1410. The average molecular weight is 534 g/mol. The van der Waals surface area contributed by atoms with Gasteiger partial charge in [-0.25, -0.2) is 4.39 Å². The highest BCUT2D eigenvalue weighted by Crippen LogP contribution is 2.42. The van der Waals surface area contributed by atoms with Crippen molar-refractivity contribution in [2.24, 2.45) is 0 Å². The smallest absolute Gasteiger partial charge is 0.174 e. The van der Waals surface area contributed by atoms with Gasteiger partial charge in [-0.1, -0.05) is 17.7 Å². The van der Waals surface area contributed by atoms with Crippen molar-refractivity contribution in [3.8, 4) is 5.69 Å². The molecule has 9 heteroatoms. The van der Waals surface area contributed by atoms with Crippen molar-refractivity contribution in [1.29, 1.82) is 0 Å². The van der Waals surface area contributed by atoms with Gasteiger partial charge in [0.2, 0.25) is 0 Å². The molecule has 188 valence electrons. The van der Waals surface area contributed by atoms with Crippen LogP contribution in [0.25, 0.3) is 5.69 Å². The lowest BCUT2D eigenvalue weighted by molar-refractivity contribution is 0.122. The Morgan fingerprint density at radius 3 is 2.43 bits per heavy atom. The Hall–Kier alpha value is -3.46. The first kappa shape index (κ1) is 23.9. The second-order valence-electron chi connectivity index (χ2n) is 9.01. The van der Waals surface area contributed by atoms with Crippen LogP contribution < -0.4 is 15.1 Å². The van der Waals surface area contributed by atoms with E-state index >= 15 is 0 Å². The lowest BCUT2D eigenvalue weighted by atomic mass is 10.0. The number of halogens is 2. The van der Waals surface area contributed by atoms with Gasteiger partial charge in [-0.2, -0.15) is 0 Å². The molecule has 2 unspecified atom stereocenters. The molecule has 2 atom stereocenters. The van der Waals surface area contributed by atoms with Crippen LogP contribution in [-0.2, 0) is 4.74 Å². The van der Waals surface area contributed by atoms with Crippen LogP contribution in [0.15, 0.2) is 85.2 Å². The van der Waals surface area contributed by atoms with Crippen molar-refractivity contribution in [1.82, 2.24) is 14.9 Å². The normalized spacial score (nSPS) is 19.8. The van der Waals surface area contributed by atoms with Crippen LogP contribution in [-0.4, -0.2) is 41.0 Å². The second kappa shape index (κ2) is 10.1. The number of morpholine rings is 1. The zero-order chi connectivity index (χ0) is 25.4. The summed E-state index contributed by atoms with van der Waals surface area (Å²) in [7, 11) is 0. The highest BCUT2D eigenvalue weighted by Gasteiger charge is 2.42. The number of pyridine rings is 1. The number of thiocarbonyl (C=S) groups is 1. The van der Waals surface area contributed by atoms with E-state index in [4.69, 9.17) is 28.6 Å². The van der Waals surface area contributed by atoms with Gasteiger partial charge in [-0.15, -0.1) is 0 Å². The van der Waals surface area contributed by atoms with Gasteiger partial charge in [0.15, 0.2) is 5.11 Å². The first-order chi connectivity index (χ1) is 18.1. The van der Waals surface area contributed by atoms with E-state index < -0.39 is 5.82 Å². The Kier molecular flexibility index (Phi) is 6.54. The number of aromatic nitrogens is 2. The summed E-state index contributed by atoms with van der Waals surface area (Å²) >= 11 is 12.0. The second-order valence-corrected chi connectivity index (χ2v) is 9.81. The number of hydrogen-bond acceptors (Lipinski definition) is 4. The monoisotopic (exact) mass is 533 g/mol. The molecule has 6 nitrogen and oxygen atoms in total. The lowest BCUT2D eigenvalue weighted by Gasteiger charge is -2.31. The molecule has 2 aliphatic heterocycles. The molecule has 0 radical (unpaired) electrons. The predicted octanol–water partition coefficient (Wildman–Crippen LogP) is 5.68. The van der Waals surface area contributed by atoms with Crippen LogP contribution in [0.3, 0.4) is 0 Å². The summed E-state index contributed by atoms with van der Waals surface area (Å²) in [5.74, 6) is -0.448. The van der Waals surface area contributed by atoms with Gasteiger partial charge < -0.3 is 24.4 Å². The van der Waals surface area contributed by atoms with Gasteiger partial charge in [0.1, 0.15) is 11.9 Å². The standard InChI is InChI=1S/C28H25ClFN5OS/c29-22-18-21(10-11-23(22)30)34-13-3-5-25(34)27-26(24-4-1-2-12-31-24)32-28(37)35(27)20-8-6-19(7-9-20)33-14-16-36-17-15-33/h1-13,18,26-27H,14-17H2,(H,32,37). The fourth-order valence-electron chi connectivity index (χ4n) is 5.08. The van der Waals surface area contributed by atoms with Crippen molar-refractivity contribution in [3.63, 3.8) is 0 Å². The third kappa shape index (κ3) is 4.56. The number of ether oxygens (including phenoxy) is 1. The molecule has 4 heterocycles. The molecule has 2 saturated heterocycles. The summed E-state index contributed by atoms with van der Waals surface area (Å²) < 4.78 is 21.5. The van der Waals surface area contributed by atoms with Gasteiger partial charge in [0.05, 0.1) is 30.0 Å². The summed E-state index contributed by atoms with van der Waals surface area (Å²) in [6.07, 6.45) is 3.74. The van der Waals surface area contributed by atoms with Crippen LogP contribution in [0.5, 0.6) is 0 Å². The minimum Gasteiger partial charge on any atom is -0.378 e. The Balaban J connectivity index is 1.42. The fourth-order valence-corrected chi connectivity index (χ4v) is 5.60. The molecule has 2 aliphatic rings. The van der Waals surface area contributed by atoms with E-state index in [1.54, 1.807) is 18.3 Å². The van der Waals surface area contributed by atoms with Crippen LogP contribution >= 0.6 is 23.8 Å². The van der Waals surface area contributed by atoms with Crippen LogP contribution in [0.4, 0.5) is 15.8 Å². The van der Waals surface area contributed by atoms with Crippen LogP contribution in [0.2, 0.25) is 5.02 Å². The summed E-state index contributed by atoms with van der Waals surface area (Å²) in [4.78, 5) is 9.10. The first-order valence-corrected chi connectivity index (χ1v) is 12.9. The van der Waals surface area contributed by atoms with Crippen molar-refractivity contribution in [2.45, 2.75) is 12.1 Å². The molecule has 0 aliphatic carbocycles. The van der Waals surface area contributed by atoms with Crippen molar-refractivity contribution < 1.29 is 9.13 Å². The largest absolute Gasteiger partial charge is 0.378 e. The van der Waals surface area contributed by atoms with E-state index in [1.165, 1.54) is 6.07 Å². The van der Waals surface area contributed by atoms with Gasteiger partial charge in [0.25, 0.3) is 0 Å². The molecule has 1 N–H and O–H groups in total. The number of nitrogens with zero attached hydrogens (tertiary/aromatic N) is 4. The molecule has 37 heavy (non-hydrogen) atoms. The molecule has 6 rings (SSSR count). The highest BCUT2D eigenvalue weighted by atomic mass is 35.5. The summed E-state index contributed by atoms with van der Waals surface area (Å²) in [5.41, 5.74) is 4.76. The summed E-state index contributed by atoms with van der Waals surface area (Å²) in [6, 6.07) is 22.7. The van der Waals surface area contributed by atoms with E-state index in [2.05, 4.69) is 50.4 Å². The molecule has 0 saturated carbocycles. The molecule has 2 aromatic heterocycles. The summed E-state index contributed by atoms with van der Waals surface area (Å²) in [5, 5.41) is 4.20. The van der Waals surface area contributed by atoms with Gasteiger partial charge in [-0.05, 0) is 78.9 Å². The molecule has 4 aromatic rings. The number of nitrogens with one attached hydrogen (secondary N) is 1. The minimum absolute atomic E-state index is 0.0778. The zero-order valence-electron chi connectivity index (χ0n) is 19.9. The zero-order valence-corrected chi connectivity index (χ0v) is 21.5. The van der Waals surface area contributed by atoms with E-state index in [0.717, 1.165) is 54.8 Å².